The third-order valence-electron chi connectivity index (χ3n) is 3.92. The quantitative estimate of drug-likeness (QED) is 0.499. The lowest BCUT2D eigenvalue weighted by atomic mass is 10.2. The molecule has 3 rings (SSSR count). The number of para-hydroxylation sites is 1. The van der Waals surface area contributed by atoms with Crippen LogP contribution in [0.25, 0.3) is 5.69 Å². The van der Waals surface area contributed by atoms with E-state index in [0.29, 0.717) is 5.56 Å². The Hall–Kier alpha value is -2.75. The third-order valence-corrected chi connectivity index (χ3v) is 5.69. The van der Waals surface area contributed by atoms with Crippen molar-refractivity contribution in [2.75, 3.05) is 0 Å². The minimum absolute atomic E-state index is 0.0153. The van der Waals surface area contributed by atoms with Crippen molar-refractivity contribution >= 4 is 27.3 Å². The summed E-state index contributed by atoms with van der Waals surface area (Å²) in [4.78, 5) is 10.2. The van der Waals surface area contributed by atoms with Crippen LogP contribution in [0.15, 0.2) is 59.8 Å². The van der Waals surface area contributed by atoms with Gasteiger partial charge in [-0.1, -0.05) is 29.8 Å². The van der Waals surface area contributed by atoms with Gasteiger partial charge in [-0.25, -0.2) is 17.8 Å². The summed E-state index contributed by atoms with van der Waals surface area (Å²) in [5, 5.41) is 15.3. The number of aromatic nitrogens is 2. The van der Waals surface area contributed by atoms with E-state index in [1.807, 2.05) is 30.3 Å². The molecular weight excluding hydrogens is 392 g/mol. The molecule has 0 radical (unpaired) electrons. The summed E-state index contributed by atoms with van der Waals surface area (Å²) in [6, 6.07) is 11.5. The van der Waals surface area contributed by atoms with Crippen molar-refractivity contribution in [3.8, 4) is 5.69 Å². The summed E-state index contributed by atoms with van der Waals surface area (Å²) in [6.07, 6.45) is 3.24. The van der Waals surface area contributed by atoms with Crippen molar-refractivity contribution in [3.63, 3.8) is 0 Å². The second-order valence-corrected chi connectivity index (χ2v) is 7.93. The molecule has 8 nitrogen and oxygen atoms in total. The Morgan fingerprint density at radius 1 is 1.26 bits per heavy atom. The summed E-state index contributed by atoms with van der Waals surface area (Å²) in [5.74, 6) is 0. The Balaban J connectivity index is 1.80. The minimum atomic E-state index is -3.99. The van der Waals surface area contributed by atoms with Crippen molar-refractivity contribution in [2.45, 2.75) is 18.4 Å². The van der Waals surface area contributed by atoms with Crippen LogP contribution in [0.4, 0.5) is 5.69 Å². The van der Waals surface area contributed by atoms with Crippen molar-refractivity contribution in [3.05, 3.63) is 81.1 Å². The zero-order valence-electron chi connectivity index (χ0n) is 14.2. The molecule has 2 aromatic carbocycles. The smallest absolute Gasteiger partial charge is 0.258 e. The van der Waals surface area contributed by atoms with Crippen LogP contribution in [0.2, 0.25) is 5.02 Å². The van der Waals surface area contributed by atoms with E-state index < -0.39 is 14.9 Å². The normalized spacial score (nSPS) is 11.5. The van der Waals surface area contributed by atoms with Gasteiger partial charge in [0.25, 0.3) is 5.69 Å². The van der Waals surface area contributed by atoms with Crippen molar-refractivity contribution < 1.29 is 13.3 Å². The molecule has 0 bridgehead atoms. The van der Waals surface area contributed by atoms with Gasteiger partial charge in [0.2, 0.25) is 10.0 Å². The van der Waals surface area contributed by atoms with Gasteiger partial charge in [-0.05, 0) is 25.1 Å². The summed E-state index contributed by atoms with van der Waals surface area (Å²) in [7, 11) is -3.99. The molecular formula is C17H15ClN4O4S. The van der Waals surface area contributed by atoms with Gasteiger partial charge in [0.05, 0.1) is 26.7 Å². The van der Waals surface area contributed by atoms with Gasteiger partial charge in [-0.3, -0.25) is 10.1 Å². The second kappa shape index (κ2) is 7.47. The van der Waals surface area contributed by atoms with Gasteiger partial charge in [0.1, 0.15) is 0 Å². The molecule has 1 heterocycles. The number of hydrogen-bond acceptors (Lipinski definition) is 5. The summed E-state index contributed by atoms with van der Waals surface area (Å²) in [5.41, 5.74) is 1.34. The number of benzene rings is 2. The van der Waals surface area contributed by atoms with Crippen LogP contribution >= 0.6 is 11.6 Å². The molecule has 0 spiro atoms. The van der Waals surface area contributed by atoms with E-state index in [4.69, 9.17) is 11.6 Å². The van der Waals surface area contributed by atoms with E-state index in [1.165, 1.54) is 13.0 Å². The summed E-state index contributed by atoms with van der Waals surface area (Å²) in [6.45, 7) is 1.44. The fourth-order valence-corrected chi connectivity index (χ4v) is 3.76. The minimum Gasteiger partial charge on any atom is -0.258 e. The number of sulfonamides is 1. The van der Waals surface area contributed by atoms with E-state index in [-0.39, 0.29) is 27.7 Å². The van der Waals surface area contributed by atoms with Crippen molar-refractivity contribution in [2.24, 2.45) is 0 Å². The van der Waals surface area contributed by atoms with Crippen LogP contribution < -0.4 is 4.72 Å². The molecule has 1 N–H and O–H groups in total. The summed E-state index contributed by atoms with van der Waals surface area (Å²) >= 11 is 5.95. The largest absolute Gasteiger partial charge is 0.275 e. The second-order valence-electron chi connectivity index (χ2n) is 5.76. The van der Waals surface area contributed by atoms with Gasteiger partial charge >= 0.3 is 0 Å². The standard InChI is InChI=1S/C17H15ClN4O4S/c1-12-16(18)7-15(8-17(12)22(23)24)27(25,26)20-10-13-9-19-21(11-13)14-5-3-2-4-6-14/h2-9,11,20H,10H2,1H3. The molecule has 140 valence electrons. The molecule has 3 aromatic rings. The van der Waals surface area contributed by atoms with Gasteiger partial charge in [-0.2, -0.15) is 5.10 Å². The topological polar surface area (TPSA) is 107 Å². The predicted molar refractivity (Wildman–Crippen MR) is 100 cm³/mol. The molecule has 10 heteroatoms. The average Bonchev–Trinajstić information content (AvgIpc) is 3.12. The maximum Gasteiger partial charge on any atom is 0.275 e. The van der Waals surface area contributed by atoms with E-state index >= 15 is 0 Å². The number of halogens is 1. The van der Waals surface area contributed by atoms with Gasteiger partial charge in [0.15, 0.2) is 0 Å². The Morgan fingerprint density at radius 3 is 2.63 bits per heavy atom. The third kappa shape index (κ3) is 4.16. The zero-order valence-corrected chi connectivity index (χ0v) is 15.7. The molecule has 27 heavy (non-hydrogen) atoms. The average molecular weight is 407 g/mol. The van der Waals surface area contributed by atoms with Crippen LogP contribution in [0, 0.1) is 17.0 Å². The summed E-state index contributed by atoms with van der Waals surface area (Å²) < 4.78 is 29.0. The molecule has 0 aliphatic rings. The molecule has 0 fully saturated rings. The number of nitrogens with one attached hydrogen (secondary N) is 1. The predicted octanol–water partition coefficient (Wildman–Crippen LogP) is 3.22. The zero-order chi connectivity index (χ0) is 19.6. The molecule has 1 aromatic heterocycles. The van der Waals surface area contributed by atoms with Crippen LogP contribution in [0.5, 0.6) is 0 Å². The fourth-order valence-electron chi connectivity index (χ4n) is 2.42. The maximum absolute atomic E-state index is 12.5. The highest BCUT2D eigenvalue weighted by Crippen LogP contribution is 2.29. The van der Waals surface area contributed by atoms with E-state index in [2.05, 4.69) is 9.82 Å². The molecule has 0 unspecified atom stereocenters. The maximum atomic E-state index is 12.5. The Morgan fingerprint density at radius 2 is 1.96 bits per heavy atom. The molecule has 0 amide bonds. The van der Waals surface area contributed by atoms with Crippen molar-refractivity contribution in [1.82, 2.24) is 14.5 Å². The first-order chi connectivity index (χ1) is 12.8. The Kier molecular flexibility index (Phi) is 5.26. The SMILES string of the molecule is Cc1c(Cl)cc(S(=O)(=O)NCc2cnn(-c3ccccc3)c2)cc1[N+](=O)[O-]. The number of rotatable bonds is 6. The fraction of sp³-hybridized carbons (Fsp3) is 0.118. The van der Waals surface area contributed by atoms with Gasteiger partial charge in [0, 0.05) is 29.9 Å². The number of nitrogens with zero attached hydrogens (tertiary/aromatic N) is 3. The Labute approximate surface area is 160 Å². The molecule has 0 aliphatic heterocycles. The lowest BCUT2D eigenvalue weighted by molar-refractivity contribution is -0.385. The van der Waals surface area contributed by atoms with Crippen LogP contribution in [-0.2, 0) is 16.6 Å². The number of nitro groups is 1. The van der Waals surface area contributed by atoms with Gasteiger partial charge in [-0.15, -0.1) is 0 Å². The van der Waals surface area contributed by atoms with E-state index in [0.717, 1.165) is 11.8 Å². The van der Waals surface area contributed by atoms with E-state index in [1.54, 1.807) is 17.1 Å². The first-order valence-electron chi connectivity index (χ1n) is 7.81. The molecule has 0 atom stereocenters. The lowest BCUT2D eigenvalue weighted by Crippen LogP contribution is -2.23. The van der Waals surface area contributed by atoms with Crippen molar-refractivity contribution in [1.29, 1.82) is 0 Å². The highest BCUT2D eigenvalue weighted by molar-refractivity contribution is 7.89. The van der Waals surface area contributed by atoms with Crippen LogP contribution in [-0.4, -0.2) is 23.1 Å². The monoisotopic (exact) mass is 406 g/mol. The van der Waals surface area contributed by atoms with Crippen LogP contribution in [0.1, 0.15) is 11.1 Å². The molecule has 0 saturated heterocycles. The molecule has 0 saturated carbocycles. The van der Waals surface area contributed by atoms with E-state index in [9.17, 15) is 18.5 Å². The Bertz CT molecular complexity index is 1100. The first kappa shape index (κ1) is 19.0. The molecule has 0 aliphatic carbocycles. The highest BCUT2D eigenvalue weighted by Gasteiger charge is 2.22. The van der Waals surface area contributed by atoms with Gasteiger partial charge < -0.3 is 0 Å². The number of nitro benzene ring substituents is 1. The van der Waals surface area contributed by atoms with Crippen LogP contribution in [0.3, 0.4) is 0 Å². The highest BCUT2D eigenvalue weighted by atomic mass is 35.5. The lowest BCUT2D eigenvalue weighted by Gasteiger charge is -2.08. The number of hydrogen-bond donors (Lipinski definition) is 1. The first-order valence-corrected chi connectivity index (χ1v) is 9.67.